The van der Waals surface area contributed by atoms with Gasteiger partial charge in [0.1, 0.15) is 9.77 Å². The van der Waals surface area contributed by atoms with Gasteiger partial charge in [0, 0.05) is 18.8 Å². The molecule has 1 amide bonds. The van der Waals surface area contributed by atoms with Crippen LogP contribution in [0.3, 0.4) is 0 Å². The molecule has 1 aliphatic rings. The van der Waals surface area contributed by atoms with E-state index in [4.69, 9.17) is 4.74 Å². The van der Waals surface area contributed by atoms with Gasteiger partial charge < -0.3 is 10.1 Å². The van der Waals surface area contributed by atoms with Crippen LogP contribution >= 0.6 is 11.3 Å². The van der Waals surface area contributed by atoms with E-state index in [1.165, 1.54) is 15.9 Å². The average molecular weight is 409 g/mol. The normalized spacial score (nSPS) is 15.6. The lowest BCUT2D eigenvalue weighted by Crippen LogP contribution is -2.41. The number of carbonyl (C=O) groups is 1. The van der Waals surface area contributed by atoms with Crippen molar-refractivity contribution in [3.05, 3.63) is 46.2 Å². The molecule has 1 aromatic heterocycles. The summed E-state index contributed by atoms with van der Waals surface area (Å²) < 4.78 is 32.3. The van der Waals surface area contributed by atoms with Crippen LogP contribution in [0.2, 0.25) is 0 Å². The van der Waals surface area contributed by atoms with Gasteiger partial charge >= 0.3 is 0 Å². The molecular weight excluding hydrogens is 384 g/mol. The molecule has 0 saturated carbocycles. The molecule has 0 aliphatic carbocycles. The number of carbonyl (C=O) groups excluding carboxylic acids is 1. The molecule has 1 saturated heterocycles. The number of rotatable bonds is 7. The third kappa shape index (κ3) is 4.76. The maximum atomic E-state index is 12.9. The predicted molar refractivity (Wildman–Crippen MR) is 107 cm³/mol. The minimum atomic E-state index is -3.70. The zero-order valence-electron chi connectivity index (χ0n) is 15.3. The summed E-state index contributed by atoms with van der Waals surface area (Å²) in [7, 11) is -3.70. The van der Waals surface area contributed by atoms with E-state index in [0.717, 1.165) is 30.6 Å². The van der Waals surface area contributed by atoms with E-state index in [2.05, 4.69) is 12.2 Å². The highest BCUT2D eigenvalue weighted by Crippen LogP contribution is 2.27. The SMILES string of the molecule is CCCCc1ccc(NC(=O)c2sccc2S(=O)(=O)N2CCOCC2)cc1. The largest absolute Gasteiger partial charge is 0.379 e. The van der Waals surface area contributed by atoms with Crippen LogP contribution in [0.25, 0.3) is 0 Å². The van der Waals surface area contributed by atoms with Crippen molar-refractivity contribution in [2.75, 3.05) is 31.6 Å². The van der Waals surface area contributed by atoms with Gasteiger partial charge in [0.15, 0.2) is 0 Å². The smallest absolute Gasteiger partial charge is 0.267 e. The molecule has 0 spiro atoms. The van der Waals surface area contributed by atoms with Crippen LogP contribution in [0.5, 0.6) is 0 Å². The Balaban J connectivity index is 1.74. The molecule has 0 radical (unpaired) electrons. The Kier molecular flexibility index (Phi) is 6.64. The number of thiophene rings is 1. The molecular formula is C19H24N2O4S2. The summed E-state index contributed by atoms with van der Waals surface area (Å²) in [4.78, 5) is 12.9. The van der Waals surface area contributed by atoms with E-state index in [-0.39, 0.29) is 9.77 Å². The summed E-state index contributed by atoms with van der Waals surface area (Å²) in [6.07, 6.45) is 3.28. The van der Waals surface area contributed by atoms with Crippen molar-refractivity contribution in [3.8, 4) is 0 Å². The third-order valence-electron chi connectivity index (χ3n) is 4.45. The molecule has 3 rings (SSSR count). The lowest BCUT2D eigenvalue weighted by Gasteiger charge is -2.26. The monoisotopic (exact) mass is 408 g/mol. The Morgan fingerprint density at radius 1 is 1.19 bits per heavy atom. The second-order valence-corrected chi connectivity index (χ2v) is 9.21. The number of amides is 1. The fraction of sp³-hybridized carbons (Fsp3) is 0.421. The van der Waals surface area contributed by atoms with Crippen LogP contribution in [0, 0.1) is 0 Å². The van der Waals surface area contributed by atoms with E-state index in [1.807, 2.05) is 24.3 Å². The van der Waals surface area contributed by atoms with Crippen molar-refractivity contribution >= 4 is 33.0 Å². The van der Waals surface area contributed by atoms with Crippen LogP contribution in [0.1, 0.15) is 35.0 Å². The van der Waals surface area contributed by atoms with Gasteiger partial charge in [-0.1, -0.05) is 25.5 Å². The molecule has 0 bridgehead atoms. The fourth-order valence-corrected chi connectivity index (χ4v) is 5.62. The molecule has 146 valence electrons. The van der Waals surface area contributed by atoms with Crippen molar-refractivity contribution in [3.63, 3.8) is 0 Å². The van der Waals surface area contributed by atoms with Gasteiger partial charge in [0.2, 0.25) is 10.0 Å². The first-order valence-electron chi connectivity index (χ1n) is 9.08. The maximum Gasteiger partial charge on any atom is 0.267 e. The number of anilines is 1. The summed E-state index contributed by atoms with van der Waals surface area (Å²) >= 11 is 1.13. The molecule has 8 heteroatoms. The van der Waals surface area contributed by atoms with Gasteiger partial charge in [-0.2, -0.15) is 4.31 Å². The van der Waals surface area contributed by atoms with Crippen LogP contribution in [-0.2, 0) is 21.2 Å². The molecule has 6 nitrogen and oxygen atoms in total. The van der Waals surface area contributed by atoms with Crippen LogP contribution in [0.15, 0.2) is 40.6 Å². The number of nitrogens with one attached hydrogen (secondary N) is 1. The standard InChI is InChI=1S/C19H24N2O4S2/c1-2-3-4-15-5-7-16(8-6-15)20-19(22)18-17(9-14-26-18)27(23,24)21-10-12-25-13-11-21/h5-9,14H,2-4,10-13H2,1H3,(H,20,22). The highest BCUT2D eigenvalue weighted by atomic mass is 32.2. The van der Waals surface area contributed by atoms with E-state index >= 15 is 0 Å². The van der Waals surface area contributed by atoms with Crippen molar-refractivity contribution < 1.29 is 17.9 Å². The van der Waals surface area contributed by atoms with Crippen molar-refractivity contribution in [2.45, 2.75) is 31.1 Å². The second-order valence-electron chi connectivity index (χ2n) is 6.39. The summed E-state index contributed by atoms with van der Waals surface area (Å²) in [5, 5.41) is 4.44. The topological polar surface area (TPSA) is 75.7 Å². The van der Waals surface area contributed by atoms with Gasteiger partial charge in [0.25, 0.3) is 5.91 Å². The number of benzene rings is 1. The lowest BCUT2D eigenvalue weighted by atomic mass is 10.1. The van der Waals surface area contributed by atoms with Crippen LogP contribution < -0.4 is 5.32 Å². The second kappa shape index (κ2) is 8.97. The molecule has 1 aliphatic heterocycles. The molecule has 0 unspecified atom stereocenters. The summed E-state index contributed by atoms with van der Waals surface area (Å²) in [6, 6.07) is 9.19. The molecule has 2 aromatic rings. The number of unbranched alkanes of at least 4 members (excludes halogenated alkanes) is 1. The minimum absolute atomic E-state index is 0.0615. The van der Waals surface area contributed by atoms with Gasteiger partial charge in [0.05, 0.1) is 13.2 Å². The predicted octanol–water partition coefficient (Wildman–Crippen LogP) is 3.36. The Hall–Kier alpha value is -1.74. The maximum absolute atomic E-state index is 12.9. The van der Waals surface area contributed by atoms with Crippen molar-refractivity contribution in [2.24, 2.45) is 0 Å². The molecule has 0 atom stereocenters. The summed E-state index contributed by atoms with van der Waals surface area (Å²) in [5.41, 5.74) is 1.88. The fourth-order valence-electron chi connectivity index (χ4n) is 2.92. The Bertz CT molecular complexity index is 869. The average Bonchev–Trinajstić information content (AvgIpc) is 3.19. The third-order valence-corrected chi connectivity index (χ3v) is 7.44. The number of sulfonamides is 1. The Morgan fingerprint density at radius 3 is 2.56 bits per heavy atom. The zero-order valence-corrected chi connectivity index (χ0v) is 16.9. The van der Waals surface area contributed by atoms with Gasteiger partial charge in [-0.3, -0.25) is 4.79 Å². The molecule has 1 fully saturated rings. The first-order valence-corrected chi connectivity index (χ1v) is 11.4. The lowest BCUT2D eigenvalue weighted by molar-refractivity contribution is 0.0730. The molecule has 1 aromatic carbocycles. The summed E-state index contributed by atoms with van der Waals surface area (Å²) in [6.45, 7) is 3.50. The van der Waals surface area contributed by atoms with Gasteiger partial charge in [-0.15, -0.1) is 11.3 Å². The zero-order chi connectivity index (χ0) is 19.3. The minimum Gasteiger partial charge on any atom is -0.379 e. The van der Waals surface area contributed by atoms with Crippen molar-refractivity contribution in [1.29, 1.82) is 0 Å². The molecule has 1 N–H and O–H groups in total. The summed E-state index contributed by atoms with van der Waals surface area (Å²) in [5.74, 6) is -0.404. The Morgan fingerprint density at radius 2 is 1.89 bits per heavy atom. The van der Waals surface area contributed by atoms with E-state index < -0.39 is 15.9 Å². The molecule has 2 heterocycles. The van der Waals surface area contributed by atoms with E-state index in [0.29, 0.717) is 32.0 Å². The Labute approximate surface area is 164 Å². The first kappa shape index (κ1) is 20.0. The van der Waals surface area contributed by atoms with Gasteiger partial charge in [-0.05, 0) is 42.0 Å². The number of hydrogen-bond acceptors (Lipinski definition) is 5. The van der Waals surface area contributed by atoms with Crippen molar-refractivity contribution in [1.82, 2.24) is 4.31 Å². The highest BCUT2D eigenvalue weighted by Gasteiger charge is 2.31. The number of morpholine rings is 1. The van der Waals surface area contributed by atoms with Crippen LogP contribution in [0.4, 0.5) is 5.69 Å². The highest BCUT2D eigenvalue weighted by molar-refractivity contribution is 7.89. The number of nitrogens with zero attached hydrogens (tertiary/aromatic N) is 1. The van der Waals surface area contributed by atoms with E-state index in [1.54, 1.807) is 5.38 Å². The first-order chi connectivity index (χ1) is 13.0. The quantitative estimate of drug-likeness (QED) is 0.762. The number of hydrogen-bond donors (Lipinski definition) is 1. The number of aryl methyl sites for hydroxylation is 1. The molecule has 27 heavy (non-hydrogen) atoms. The van der Waals surface area contributed by atoms with Gasteiger partial charge in [-0.25, -0.2) is 8.42 Å². The van der Waals surface area contributed by atoms with E-state index in [9.17, 15) is 13.2 Å². The number of ether oxygens (including phenoxy) is 1. The van der Waals surface area contributed by atoms with Crippen LogP contribution in [-0.4, -0.2) is 44.9 Å².